The van der Waals surface area contributed by atoms with Gasteiger partial charge in [0.2, 0.25) is 0 Å². The fourth-order valence-electron chi connectivity index (χ4n) is 1.75. The normalized spacial score (nSPS) is 9.64. The SMILES string of the molecule is Cl.N=C(N)Nc1ccc(CCc2csc(NC(=O)O)n2)cc1. The molecule has 1 amide bonds. The van der Waals surface area contributed by atoms with Gasteiger partial charge in [-0.05, 0) is 30.5 Å². The Morgan fingerprint density at radius 1 is 1.27 bits per heavy atom. The summed E-state index contributed by atoms with van der Waals surface area (Å²) in [5, 5.41) is 22.9. The lowest BCUT2D eigenvalue weighted by Gasteiger charge is -2.05. The summed E-state index contributed by atoms with van der Waals surface area (Å²) in [7, 11) is 0. The molecule has 0 fully saturated rings. The summed E-state index contributed by atoms with van der Waals surface area (Å²) in [5.74, 6) is -0.0938. The monoisotopic (exact) mass is 341 g/mol. The second-order valence-electron chi connectivity index (χ2n) is 4.31. The molecule has 0 atom stereocenters. The molecule has 1 aromatic heterocycles. The van der Waals surface area contributed by atoms with Crippen LogP contribution in [-0.4, -0.2) is 22.1 Å². The summed E-state index contributed by atoms with van der Waals surface area (Å²) in [6.07, 6.45) is 0.429. The lowest BCUT2D eigenvalue weighted by atomic mass is 10.1. The van der Waals surface area contributed by atoms with Crippen molar-refractivity contribution < 1.29 is 9.90 Å². The van der Waals surface area contributed by atoms with E-state index in [9.17, 15) is 4.79 Å². The second kappa shape index (κ2) is 8.20. The molecule has 0 saturated heterocycles. The molecule has 2 rings (SSSR count). The van der Waals surface area contributed by atoms with E-state index in [1.807, 2.05) is 29.6 Å². The van der Waals surface area contributed by atoms with Gasteiger partial charge in [-0.1, -0.05) is 12.1 Å². The van der Waals surface area contributed by atoms with Gasteiger partial charge in [0.25, 0.3) is 0 Å². The quantitative estimate of drug-likeness (QED) is 0.422. The van der Waals surface area contributed by atoms with Crippen molar-refractivity contribution in [2.24, 2.45) is 5.73 Å². The number of nitrogens with two attached hydrogens (primary N) is 1. The summed E-state index contributed by atoms with van der Waals surface area (Å²) in [6.45, 7) is 0. The van der Waals surface area contributed by atoms with Crippen LogP contribution in [-0.2, 0) is 12.8 Å². The van der Waals surface area contributed by atoms with Crippen LogP contribution in [0.25, 0.3) is 0 Å². The highest BCUT2D eigenvalue weighted by Crippen LogP contribution is 2.17. The van der Waals surface area contributed by atoms with Crippen molar-refractivity contribution in [3.8, 4) is 0 Å². The first-order valence-corrected chi connectivity index (χ1v) is 7.05. The Labute approximate surface area is 137 Å². The molecule has 6 N–H and O–H groups in total. The maximum Gasteiger partial charge on any atom is 0.410 e. The van der Waals surface area contributed by atoms with Gasteiger partial charge in [0.05, 0.1) is 5.69 Å². The Balaban J connectivity index is 0.00000242. The van der Waals surface area contributed by atoms with E-state index >= 15 is 0 Å². The number of hydrogen-bond acceptors (Lipinski definition) is 4. The first-order chi connectivity index (χ1) is 10.0. The molecule has 0 aliphatic heterocycles. The number of amides is 1. The summed E-state index contributed by atoms with van der Waals surface area (Å²) in [5.41, 5.74) is 8.01. The predicted octanol–water partition coefficient (Wildman–Crippen LogP) is 2.75. The van der Waals surface area contributed by atoms with Gasteiger partial charge in [-0.2, -0.15) is 0 Å². The van der Waals surface area contributed by atoms with Gasteiger partial charge in [-0.15, -0.1) is 23.7 Å². The zero-order valence-corrected chi connectivity index (χ0v) is 13.1. The third kappa shape index (κ3) is 5.58. The number of carboxylic acid groups (broad SMARTS) is 1. The number of carbonyl (C=O) groups is 1. The number of halogens is 1. The number of aromatic nitrogens is 1. The summed E-state index contributed by atoms with van der Waals surface area (Å²) in [6, 6.07) is 7.62. The van der Waals surface area contributed by atoms with Crippen LogP contribution in [0.3, 0.4) is 0 Å². The Bertz CT molecular complexity index is 644. The Kier molecular flexibility index (Phi) is 6.61. The minimum atomic E-state index is -1.11. The van der Waals surface area contributed by atoms with E-state index in [1.54, 1.807) is 0 Å². The molecule has 2 aromatic rings. The number of thiazole rings is 1. The fourth-order valence-corrected chi connectivity index (χ4v) is 2.49. The standard InChI is InChI=1S/C13H15N5O2S.ClH/c14-11(15)16-9-4-1-8(2-5-9)3-6-10-7-21-12(17-10)18-13(19)20;/h1-2,4-5,7H,3,6H2,(H,17,18)(H,19,20)(H4,14,15,16);1H. The highest BCUT2D eigenvalue weighted by atomic mass is 35.5. The predicted molar refractivity (Wildman–Crippen MR) is 90.4 cm³/mol. The first kappa shape index (κ1) is 17.7. The maximum atomic E-state index is 10.5. The van der Waals surface area contributed by atoms with Crippen LogP contribution in [0.2, 0.25) is 0 Å². The van der Waals surface area contributed by atoms with E-state index in [-0.39, 0.29) is 18.4 Å². The van der Waals surface area contributed by atoms with Crippen molar-refractivity contribution >= 4 is 46.6 Å². The lowest BCUT2D eigenvalue weighted by Crippen LogP contribution is -2.20. The number of nitrogens with one attached hydrogen (secondary N) is 3. The summed E-state index contributed by atoms with van der Waals surface area (Å²) >= 11 is 1.27. The highest BCUT2D eigenvalue weighted by Gasteiger charge is 2.05. The molecular formula is C13H16ClN5O2S. The lowest BCUT2D eigenvalue weighted by molar-refractivity contribution is 0.209. The zero-order chi connectivity index (χ0) is 15.2. The molecule has 0 aliphatic rings. The summed E-state index contributed by atoms with van der Waals surface area (Å²) < 4.78 is 0. The number of aryl methyl sites for hydroxylation is 2. The molecule has 0 aliphatic carbocycles. The highest BCUT2D eigenvalue weighted by molar-refractivity contribution is 7.13. The molecule has 1 heterocycles. The minimum Gasteiger partial charge on any atom is -0.465 e. The topological polar surface area (TPSA) is 124 Å². The Morgan fingerprint density at radius 2 is 1.95 bits per heavy atom. The van der Waals surface area contributed by atoms with E-state index in [0.29, 0.717) is 5.13 Å². The van der Waals surface area contributed by atoms with E-state index in [0.717, 1.165) is 29.8 Å². The third-order valence-electron chi connectivity index (χ3n) is 2.67. The average Bonchev–Trinajstić information content (AvgIpc) is 2.84. The van der Waals surface area contributed by atoms with Crippen LogP contribution >= 0.6 is 23.7 Å². The molecule has 0 radical (unpaired) electrons. The number of anilines is 2. The number of guanidine groups is 1. The molecule has 1 aromatic carbocycles. The van der Waals surface area contributed by atoms with Crippen LogP contribution in [0.5, 0.6) is 0 Å². The minimum absolute atomic E-state index is 0. The van der Waals surface area contributed by atoms with Crippen LogP contribution < -0.4 is 16.4 Å². The van der Waals surface area contributed by atoms with Crippen LogP contribution in [0.4, 0.5) is 15.6 Å². The van der Waals surface area contributed by atoms with Crippen molar-refractivity contribution in [2.45, 2.75) is 12.8 Å². The number of hydrogen-bond donors (Lipinski definition) is 5. The molecule has 0 spiro atoms. The van der Waals surface area contributed by atoms with Gasteiger partial charge in [0.15, 0.2) is 11.1 Å². The first-order valence-electron chi connectivity index (χ1n) is 6.17. The molecule has 0 saturated carbocycles. The molecular weight excluding hydrogens is 326 g/mol. The zero-order valence-electron chi connectivity index (χ0n) is 11.5. The van der Waals surface area contributed by atoms with Gasteiger partial charge in [0.1, 0.15) is 0 Å². The number of benzene rings is 1. The van der Waals surface area contributed by atoms with Crippen molar-refractivity contribution in [1.82, 2.24) is 4.98 Å². The molecule has 0 unspecified atom stereocenters. The van der Waals surface area contributed by atoms with Crippen molar-refractivity contribution in [1.29, 1.82) is 5.41 Å². The van der Waals surface area contributed by atoms with Gasteiger partial charge in [-0.3, -0.25) is 10.7 Å². The van der Waals surface area contributed by atoms with E-state index in [2.05, 4.69) is 15.6 Å². The smallest absolute Gasteiger partial charge is 0.410 e. The molecule has 7 nitrogen and oxygen atoms in total. The van der Waals surface area contributed by atoms with Crippen molar-refractivity contribution in [3.05, 3.63) is 40.9 Å². The van der Waals surface area contributed by atoms with Gasteiger partial charge < -0.3 is 16.2 Å². The Morgan fingerprint density at radius 3 is 2.55 bits per heavy atom. The van der Waals surface area contributed by atoms with Gasteiger partial charge >= 0.3 is 6.09 Å². The van der Waals surface area contributed by atoms with E-state index < -0.39 is 6.09 Å². The average molecular weight is 342 g/mol. The molecule has 22 heavy (non-hydrogen) atoms. The molecule has 9 heteroatoms. The van der Waals surface area contributed by atoms with Crippen LogP contribution in [0, 0.1) is 5.41 Å². The second-order valence-corrected chi connectivity index (χ2v) is 5.17. The maximum absolute atomic E-state index is 10.5. The largest absolute Gasteiger partial charge is 0.465 e. The van der Waals surface area contributed by atoms with Crippen LogP contribution in [0.1, 0.15) is 11.3 Å². The van der Waals surface area contributed by atoms with Crippen molar-refractivity contribution in [3.63, 3.8) is 0 Å². The molecule has 0 bridgehead atoms. The third-order valence-corrected chi connectivity index (χ3v) is 3.47. The van der Waals surface area contributed by atoms with Crippen molar-refractivity contribution in [2.75, 3.05) is 10.6 Å². The molecule has 118 valence electrons. The number of rotatable bonds is 5. The van der Waals surface area contributed by atoms with Gasteiger partial charge in [-0.25, -0.2) is 9.78 Å². The van der Waals surface area contributed by atoms with E-state index in [4.69, 9.17) is 16.2 Å². The van der Waals surface area contributed by atoms with Crippen LogP contribution in [0.15, 0.2) is 29.6 Å². The number of nitrogens with zero attached hydrogens (tertiary/aromatic N) is 1. The summed E-state index contributed by atoms with van der Waals surface area (Å²) in [4.78, 5) is 14.7. The van der Waals surface area contributed by atoms with Gasteiger partial charge in [0, 0.05) is 11.1 Å². The fraction of sp³-hybridized carbons (Fsp3) is 0.154. The Hall–Kier alpha value is -2.32. The van der Waals surface area contributed by atoms with E-state index in [1.165, 1.54) is 11.3 Å².